The summed E-state index contributed by atoms with van der Waals surface area (Å²) in [4.78, 5) is 24.8. The Kier molecular flexibility index (Phi) is 6.04. The summed E-state index contributed by atoms with van der Waals surface area (Å²) >= 11 is 0. The van der Waals surface area contributed by atoms with Crippen molar-refractivity contribution in [3.63, 3.8) is 0 Å². The van der Waals surface area contributed by atoms with E-state index in [1.54, 1.807) is 0 Å². The fraction of sp³-hybridized carbons (Fsp3) is 0.524. The number of unbranched alkanes of at least 4 members (excludes halogenated alkanes) is 1. The van der Waals surface area contributed by atoms with Gasteiger partial charge in [-0.05, 0) is 44.7 Å². The molecule has 4 heteroatoms. The predicted octanol–water partition coefficient (Wildman–Crippen LogP) is 4.48. The molecule has 0 bridgehead atoms. The predicted molar refractivity (Wildman–Crippen MR) is 103 cm³/mol. The maximum absolute atomic E-state index is 12.9. The first-order valence-electron chi connectivity index (χ1n) is 9.26. The lowest BCUT2D eigenvalue weighted by Crippen LogP contribution is -2.36. The molecule has 0 atom stereocenters. The second kappa shape index (κ2) is 7.85. The quantitative estimate of drug-likeness (QED) is 0.683. The molecule has 1 aromatic carbocycles. The number of rotatable bonds is 9. The Hall–Kier alpha value is -2.10. The lowest BCUT2D eigenvalue weighted by molar-refractivity contribution is -0.126. The van der Waals surface area contributed by atoms with Gasteiger partial charge in [-0.15, -0.1) is 0 Å². The van der Waals surface area contributed by atoms with Crippen LogP contribution in [0.15, 0.2) is 24.3 Å². The smallest absolute Gasteiger partial charge is 0.224 e. The molecule has 0 spiro atoms. The van der Waals surface area contributed by atoms with Gasteiger partial charge in [0.1, 0.15) is 0 Å². The maximum Gasteiger partial charge on any atom is 0.224 e. The van der Waals surface area contributed by atoms with Gasteiger partial charge in [0.05, 0.1) is 11.1 Å². The number of aryl methyl sites for hydroxylation is 1. The van der Waals surface area contributed by atoms with Crippen molar-refractivity contribution in [3.05, 3.63) is 35.5 Å². The summed E-state index contributed by atoms with van der Waals surface area (Å²) in [6.07, 6.45) is 4.33. The summed E-state index contributed by atoms with van der Waals surface area (Å²) in [5.41, 5.74) is 7.79. The van der Waals surface area contributed by atoms with Crippen molar-refractivity contribution < 1.29 is 9.59 Å². The van der Waals surface area contributed by atoms with E-state index in [2.05, 4.69) is 13.0 Å². The number of Topliss-reactive ketones (excluding diaryl/α,β-unsaturated/α-hetero) is 1. The lowest BCUT2D eigenvalue weighted by atomic mass is 9.92. The van der Waals surface area contributed by atoms with Crippen LogP contribution >= 0.6 is 0 Å². The van der Waals surface area contributed by atoms with E-state index < -0.39 is 5.41 Å². The van der Waals surface area contributed by atoms with Crippen LogP contribution in [-0.4, -0.2) is 16.3 Å². The van der Waals surface area contributed by atoms with E-state index in [0.717, 1.165) is 47.8 Å². The number of ketones is 1. The van der Waals surface area contributed by atoms with Gasteiger partial charge in [-0.3, -0.25) is 9.59 Å². The molecule has 0 aliphatic carbocycles. The average Bonchev–Trinajstić information content (AvgIpc) is 2.86. The van der Waals surface area contributed by atoms with Crippen molar-refractivity contribution in [1.82, 2.24) is 4.57 Å². The number of amides is 1. The van der Waals surface area contributed by atoms with Gasteiger partial charge >= 0.3 is 0 Å². The van der Waals surface area contributed by atoms with Gasteiger partial charge in [0, 0.05) is 23.9 Å². The fourth-order valence-electron chi connectivity index (χ4n) is 3.28. The number of carbonyl (C=O) groups is 2. The zero-order chi connectivity index (χ0) is 18.6. The normalized spacial score (nSPS) is 11.8. The molecule has 1 aromatic heterocycles. The highest BCUT2D eigenvalue weighted by Crippen LogP contribution is 2.32. The van der Waals surface area contributed by atoms with Crippen molar-refractivity contribution >= 4 is 22.6 Å². The third-order valence-electron chi connectivity index (χ3n) is 4.82. The molecule has 0 fully saturated rings. The van der Waals surface area contributed by atoms with E-state index >= 15 is 0 Å². The molecule has 25 heavy (non-hydrogen) atoms. The number of para-hydroxylation sites is 1. The van der Waals surface area contributed by atoms with E-state index in [0.29, 0.717) is 13.0 Å². The van der Waals surface area contributed by atoms with Crippen molar-refractivity contribution in [2.24, 2.45) is 11.1 Å². The Labute approximate surface area is 150 Å². The molecule has 0 saturated carbocycles. The molecule has 2 aromatic rings. The fourth-order valence-corrected chi connectivity index (χ4v) is 3.28. The second-order valence-electron chi connectivity index (χ2n) is 7.46. The summed E-state index contributed by atoms with van der Waals surface area (Å²) in [6.45, 7) is 8.26. The maximum atomic E-state index is 12.9. The molecule has 2 N–H and O–H groups in total. The number of carbonyl (C=O) groups excluding carboxylic acids is 2. The van der Waals surface area contributed by atoms with Crippen LogP contribution in [0.3, 0.4) is 0 Å². The molecule has 2 rings (SSSR count). The molecular weight excluding hydrogens is 312 g/mol. The number of primary amides is 1. The highest BCUT2D eigenvalue weighted by molar-refractivity contribution is 6.03. The first-order chi connectivity index (χ1) is 11.8. The largest absolute Gasteiger partial charge is 0.369 e. The summed E-state index contributed by atoms with van der Waals surface area (Å²) in [5.74, 6) is -0.195. The van der Waals surface area contributed by atoms with Crippen LogP contribution in [0.2, 0.25) is 0 Å². The van der Waals surface area contributed by atoms with Gasteiger partial charge in [-0.2, -0.15) is 0 Å². The van der Waals surface area contributed by atoms with E-state index in [-0.39, 0.29) is 11.7 Å². The first kappa shape index (κ1) is 19.2. The van der Waals surface area contributed by atoms with Crippen LogP contribution < -0.4 is 5.73 Å². The van der Waals surface area contributed by atoms with Gasteiger partial charge in [0.25, 0.3) is 0 Å². The third kappa shape index (κ3) is 3.94. The third-order valence-corrected chi connectivity index (χ3v) is 4.82. The van der Waals surface area contributed by atoms with E-state index in [1.807, 2.05) is 43.5 Å². The Bertz CT molecular complexity index is 772. The van der Waals surface area contributed by atoms with Crippen molar-refractivity contribution in [3.8, 4) is 0 Å². The van der Waals surface area contributed by atoms with Crippen LogP contribution in [-0.2, 0) is 17.8 Å². The average molecular weight is 342 g/mol. The molecular formula is C21H30N2O2. The van der Waals surface area contributed by atoms with Crippen LogP contribution in [0.25, 0.3) is 10.9 Å². The number of aromatic nitrogens is 1. The molecule has 0 radical (unpaired) electrons. The summed E-state index contributed by atoms with van der Waals surface area (Å²) in [5, 5.41) is 1.12. The molecule has 1 amide bonds. The highest BCUT2D eigenvalue weighted by atomic mass is 16.1. The minimum absolute atomic E-state index is 0.157. The Morgan fingerprint density at radius 2 is 1.80 bits per heavy atom. The number of hydrogen-bond donors (Lipinski definition) is 1. The van der Waals surface area contributed by atoms with Crippen molar-refractivity contribution in [1.29, 1.82) is 0 Å². The first-order valence-corrected chi connectivity index (χ1v) is 9.26. The zero-order valence-electron chi connectivity index (χ0n) is 15.9. The van der Waals surface area contributed by atoms with Gasteiger partial charge in [0.2, 0.25) is 5.91 Å². The summed E-state index contributed by atoms with van der Waals surface area (Å²) < 4.78 is 2.03. The molecule has 0 saturated heterocycles. The second-order valence-corrected chi connectivity index (χ2v) is 7.46. The lowest BCUT2D eigenvalue weighted by Gasteiger charge is -2.23. The zero-order valence-corrected chi connectivity index (χ0v) is 15.9. The standard InChI is InChI=1S/C21H30N2O2/c1-5-7-11-16-15-12-8-9-13-17(15)23(14-21(3,4)20(22)25)19(16)18(24)10-6-2/h8-9,12-13H,5-7,10-11,14H2,1-4H3,(H2,22,25). The van der Waals surface area contributed by atoms with Gasteiger partial charge in [-0.1, -0.05) is 38.5 Å². The molecule has 4 nitrogen and oxygen atoms in total. The number of hydrogen-bond acceptors (Lipinski definition) is 2. The van der Waals surface area contributed by atoms with Gasteiger partial charge in [0.15, 0.2) is 5.78 Å². The number of nitrogens with two attached hydrogens (primary N) is 1. The van der Waals surface area contributed by atoms with Crippen molar-refractivity contribution in [2.75, 3.05) is 0 Å². The monoisotopic (exact) mass is 342 g/mol. The molecule has 0 aliphatic rings. The van der Waals surface area contributed by atoms with E-state index in [9.17, 15) is 9.59 Å². The van der Waals surface area contributed by atoms with Crippen LogP contribution in [0, 0.1) is 5.41 Å². The minimum Gasteiger partial charge on any atom is -0.369 e. The van der Waals surface area contributed by atoms with Crippen LogP contribution in [0.4, 0.5) is 0 Å². The Morgan fingerprint density at radius 1 is 1.12 bits per heavy atom. The Morgan fingerprint density at radius 3 is 2.40 bits per heavy atom. The number of nitrogens with zero attached hydrogens (tertiary/aromatic N) is 1. The topological polar surface area (TPSA) is 65.1 Å². The number of fused-ring (bicyclic) bond motifs is 1. The van der Waals surface area contributed by atoms with E-state index in [4.69, 9.17) is 5.73 Å². The summed E-state index contributed by atoms with van der Waals surface area (Å²) in [7, 11) is 0. The SMILES string of the molecule is CCCCc1c(C(=O)CCC)n(CC(C)(C)C(N)=O)c2ccccc12. The molecule has 136 valence electrons. The Balaban J connectivity index is 2.70. The number of benzene rings is 1. The highest BCUT2D eigenvalue weighted by Gasteiger charge is 2.30. The molecule has 1 heterocycles. The van der Waals surface area contributed by atoms with Crippen LogP contribution in [0.5, 0.6) is 0 Å². The van der Waals surface area contributed by atoms with Gasteiger partial charge in [-0.25, -0.2) is 0 Å². The minimum atomic E-state index is -0.717. The molecule has 0 aliphatic heterocycles. The van der Waals surface area contributed by atoms with Gasteiger partial charge < -0.3 is 10.3 Å². The summed E-state index contributed by atoms with van der Waals surface area (Å²) in [6, 6.07) is 8.10. The van der Waals surface area contributed by atoms with Crippen LogP contribution in [0.1, 0.15) is 69.4 Å². The molecule has 0 unspecified atom stereocenters. The van der Waals surface area contributed by atoms with Crippen molar-refractivity contribution in [2.45, 2.75) is 66.3 Å². The van der Waals surface area contributed by atoms with E-state index in [1.165, 1.54) is 0 Å².